The van der Waals surface area contributed by atoms with Gasteiger partial charge < -0.3 is 24.8 Å². The van der Waals surface area contributed by atoms with Crippen molar-refractivity contribution in [2.45, 2.75) is 50.3 Å². The maximum absolute atomic E-state index is 13.9. The number of para-hydroxylation sites is 2. The fraction of sp³-hybridized carbons (Fsp3) is 0.516. The molecule has 0 saturated carbocycles. The lowest BCUT2D eigenvalue weighted by atomic mass is 10.0. The Morgan fingerprint density at radius 1 is 0.860 bits per heavy atom. The van der Waals surface area contributed by atoms with Crippen molar-refractivity contribution in [3.63, 3.8) is 0 Å². The molecule has 6 rings (SSSR count). The first-order valence-corrected chi connectivity index (χ1v) is 16.8. The van der Waals surface area contributed by atoms with E-state index in [2.05, 4.69) is 47.1 Å². The van der Waals surface area contributed by atoms with Gasteiger partial charge in [0.2, 0.25) is 0 Å². The van der Waals surface area contributed by atoms with Crippen LogP contribution in [0.2, 0.25) is 0 Å². The van der Waals surface area contributed by atoms with Crippen molar-refractivity contribution in [1.29, 1.82) is 0 Å². The molecule has 4 heterocycles. The van der Waals surface area contributed by atoms with Crippen molar-refractivity contribution in [3.05, 3.63) is 67.5 Å². The number of rotatable bonds is 6. The van der Waals surface area contributed by atoms with Gasteiger partial charge in [-0.05, 0) is 87.4 Å². The van der Waals surface area contributed by atoms with E-state index in [1.165, 1.54) is 0 Å². The number of benzene rings is 2. The molecule has 3 aliphatic rings. The normalized spacial score (nSPS) is 20.0. The Hall–Kier alpha value is -2.67. The second kappa shape index (κ2) is 13.5. The molecule has 0 unspecified atom stereocenters. The van der Waals surface area contributed by atoms with Gasteiger partial charge in [0.1, 0.15) is 0 Å². The molecule has 0 spiro atoms. The summed E-state index contributed by atoms with van der Waals surface area (Å²) in [5.74, 6) is -0.133. The second-order valence-electron chi connectivity index (χ2n) is 11.7. The Bertz CT molecular complexity index is 1500. The zero-order valence-corrected chi connectivity index (χ0v) is 27.3. The summed E-state index contributed by atoms with van der Waals surface area (Å²) < 4.78 is 9.63. The summed E-state index contributed by atoms with van der Waals surface area (Å²) in [5.41, 5.74) is 2.47. The molecular formula is C31H38Br2N6O4. The van der Waals surface area contributed by atoms with Gasteiger partial charge in [0.25, 0.3) is 5.91 Å². The molecule has 3 fully saturated rings. The molecule has 3 aliphatic heterocycles. The third-order valence-corrected chi connectivity index (χ3v) is 11.0. The number of aromatic nitrogens is 2. The minimum Gasteiger partial charge on any atom is -0.436 e. The van der Waals surface area contributed by atoms with Gasteiger partial charge in [0.05, 0.1) is 11.0 Å². The van der Waals surface area contributed by atoms with Gasteiger partial charge >= 0.3 is 11.8 Å². The molecule has 2 aromatic carbocycles. The Kier molecular flexibility index (Phi) is 9.56. The number of nitrogens with zero attached hydrogens (tertiary/aromatic N) is 4. The van der Waals surface area contributed by atoms with Crippen LogP contribution >= 0.6 is 31.9 Å². The zero-order chi connectivity index (χ0) is 29.9. The molecule has 1 aromatic heterocycles. The minimum atomic E-state index is -0.912. The van der Waals surface area contributed by atoms with Crippen molar-refractivity contribution >= 4 is 54.9 Å². The van der Waals surface area contributed by atoms with Crippen molar-refractivity contribution in [1.82, 2.24) is 29.6 Å². The number of hydrogen-bond acceptors (Lipinski definition) is 6. The number of piperidine rings is 2. The van der Waals surface area contributed by atoms with E-state index in [0.29, 0.717) is 51.5 Å². The molecule has 2 N–H and O–H groups in total. The Labute approximate surface area is 268 Å². The predicted octanol–water partition coefficient (Wildman–Crippen LogP) is 4.14. The maximum Gasteiger partial charge on any atom is 0.410 e. The van der Waals surface area contributed by atoms with Crippen LogP contribution in [0.3, 0.4) is 0 Å². The highest BCUT2D eigenvalue weighted by molar-refractivity contribution is 9.13. The zero-order valence-electron chi connectivity index (χ0n) is 24.1. The molecular weight excluding hydrogens is 680 g/mol. The topological polar surface area (TPSA) is 103 Å². The third kappa shape index (κ3) is 6.87. The van der Waals surface area contributed by atoms with E-state index in [9.17, 15) is 14.4 Å². The SMILES string of the molecule is O=C(O[C@H](Cc1ccc(Br)c(Br)c1)C(=O)N1CCC(N2CCNCC2)CC1)N1CCC(n2c(=O)[nH]c3ccccc32)CC1. The lowest BCUT2D eigenvalue weighted by molar-refractivity contribution is -0.142. The molecule has 0 bridgehead atoms. The van der Waals surface area contributed by atoms with Gasteiger partial charge in [0.15, 0.2) is 6.10 Å². The first-order chi connectivity index (χ1) is 20.9. The van der Waals surface area contributed by atoms with Crippen LogP contribution in [0.25, 0.3) is 11.0 Å². The van der Waals surface area contributed by atoms with Crippen molar-refractivity contribution in [3.8, 4) is 0 Å². The highest BCUT2D eigenvalue weighted by atomic mass is 79.9. The number of carbonyl (C=O) groups excluding carboxylic acids is 2. The van der Waals surface area contributed by atoms with Crippen LogP contribution in [0.1, 0.15) is 37.3 Å². The fourth-order valence-corrected chi connectivity index (χ4v) is 7.37. The number of likely N-dealkylation sites (tertiary alicyclic amines) is 2. The van der Waals surface area contributed by atoms with Crippen molar-refractivity contribution < 1.29 is 14.3 Å². The van der Waals surface area contributed by atoms with E-state index in [4.69, 9.17) is 4.74 Å². The number of amides is 2. The first-order valence-electron chi connectivity index (χ1n) is 15.2. The van der Waals surface area contributed by atoms with E-state index in [1.54, 1.807) is 9.47 Å². The quantitative estimate of drug-likeness (QED) is 0.398. The molecule has 3 aromatic rings. The highest BCUT2D eigenvalue weighted by Crippen LogP contribution is 2.28. The number of halogens is 2. The lowest BCUT2D eigenvalue weighted by Crippen LogP contribution is -2.54. The van der Waals surface area contributed by atoms with Crippen LogP contribution in [-0.4, -0.2) is 101 Å². The number of hydrogen-bond donors (Lipinski definition) is 2. The van der Waals surface area contributed by atoms with Crippen molar-refractivity contribution in [2.75, 3.05) is 52.4 Å². The van der Waals surface area contributed by atoms with Crippen LogP contribution in [0.5, 0.6) is 0 Å². The maximum atomic E-state index is 13.9. The highest BCUT2D eigenvalue weighted by Gasteiger charge is 2.35. The van der Waals surface area contributed by atoms with Gasteiger partial charge in [-0.15, -0.1) is 0 Å². The third-order valence-electron chi connectivity index (χ3n) is 9.08. The summed E-state index contributed by atoms with van der Waals surface area (Å²) in [4.78, 5) is 49.0. The molecule has 43 heavy (non-hydrogen) atoms. The van der Waals surface area contributed by atoms with Gasteiger partial charge in [-0.1, -0.05) is 18.2 Å². The van der Waals surface area contributed by atoms with Crippen LogP contribution in [0.4, 0.5) is 4.79 Å². The number of nitrogens with one attached hydrogen (secondary N) is 2. The summed E-state index contributed by atoms with van der Waals surface area (Å²) >= 11 is 7.06. The predicted molar refractivity (Wildman–Crippen MR) is 172 cm³/mol. The molecule has 230 valence electrons. The molecule has 0 aliphatic carbocycles. The molecule has 3 saturated heterocycles. The van der Waals surface area contributed by atoms with Gasteiger partial charge in [-0.25, -0.2) is 9.59 Å². The lowest BCUT2D eigenvalue weighted by Gasteiger charge is -2.41. The number of piperazine rings is 1. The minimum absolute atomic E-state index is 0.0118. The standard InChI is InChI=1S/C31H38Br2N6O4/c32-24-6-5-21(19-25(24)33)20-28(29(40)37-13-7-22(8-14-37)36-17-11-34-12-18-36)43-31(42)38-15-9-23(10-16-38)39-27-4-2-1-3-26(27)35-30(39)41/h1-6,19,22-23,28,34H,7-18,20H2,(H,35,41)/t28-/m1/s1. The van der Waals surface area contributed by atoms with E-state index < -0.39 is 12.2 Å². The number of aromatic amines is 1. The summed E-state index contributed by atoms with van der Waals surface area (Å²) in [6.45, 7) is 6.34. The fourth-order valence-electron chi connectivity index (χ4n) is 6.70. The summed E-state index contributed by atoms with van der Waals surface area (Å²) in [7, 11) is 0. The molecule has 2 amide bonds. The number of ether oxygens (including phenoxy) is 1. The van der Waals surface area contributed by atoms with Crippen LogP contribution in [0, 0.1) is 0 Å². The smallest absolute Gasteiger partial charge is 0.410 e. The molecule has 12 heteroatoms. The molecule has 0 radical (unpaired) electrons. The second-order valence-corrected chi connectivity index (χ2v) is 13.4. The number of carbonyl (C=O) groups is 2. The summed E-state index contributed by atoms with van der Waals surface area (Å²) in [6.07, 6.45) is 2.03. The average Bonchev–Trinajstić information content (AvgIpc) is 3.38. The molecule has 10 nitrogen and oxygen atoms in total. The molecule has 1 atom stereocenters. The number of H-pyrrole nitrogens is 1. The summed E-state index contributed by atoms with van der Waals surface area (Å²) in [5, 5.41) is 3.41. The number of fused-ring (bicyclic) bond motifs is 1. The first kappa shape index (κ1) is 30.4. The van der Waals surface area contributed by atoms with Gasteiger partial charge in [-0.3, -0.25) is 14.3 Å². The number of imidazole rings is 1. The summed E-state index contributed by atoms with van der Waals surface area (Å²) in [6, 6.07) is 14.0. The average molecular weight is 718 g/mol. The Balaban J connectivity index is 1.11. The van der Waals surface area contributed by atoms with Gasteiger partial charge in [-0.2, -0.15) is 0 Å². The van der Waals surface area contributed by atoms with E-state index in [-0.39, 0.29) is 17.6 Å². The monoisotopic (exact) mass is 716 g/mol. The van der Waals surface area contributed by atoms with Crippen LogP contribution in [0.15, 0.2) is 56.2 Å². The largest absolute Gasteiger partial charge is 0.436 e. The van der Waals surface area contributed by atoms with E-state index >= 15 is 0 Å². The Morgan fingerprint density at radius 3 is 2.26 bits per heavy atom. The Morgan fingerprint density at radius 2 is 1.53 bits per heavy atom. The van der Waals surface area contributed by atoms with E-state index in [1.807, 2.05) is 47.4 Å². The van der Waals surface area contributed by atoms with E-state index in [0.717, 1.165) is 64.6 Å². The van der Waals surface area contributed by atoms with Gasteiger partial charge in [0, 0.05) is 79.8 Å². The van der Waals surface area contributed by atoms with Crippen molar-refractivity contribution in [2.24, 2.45) is 0 Å². The van der Waals surface area contributed by atoms with Crippen LogP contribution < -0.4 is 11.0 Å². The van der Waals surface area contributed by atoms with Crippen LogP contribution in [-0.2, 0) is 16.0 Å².